The maximum atomic E-state index is 12.8. The first-order chi connectivity index (χ1) is 9.34. The summed E-state index contributed by atoms with van der Waals surface area (Å²) in [5, 5.41) is 2.20. The molecule has 112 valence electrons. The Balaban J connectivity index is 2.30. The number of rotatable bonds is 7. The van der Waals surface area contributed by atoms with Crippen LogP contribution in [0.4, 0.5) is 8.78 Å². The number of hydrogen-bond donors (Lipinski definition) is 2. The van der Waals surface area contributed by atoms with Gasteiger partial charge in [0, 0.05) is 17.1 Å². The van der Waals surface area contributed by atoms with Gasteiger partial charge in [0.05, 0.1) is 13.1 Å². The fourth-order valence-corrected chi connectivity index (χ4v) is 2.40. The fraction of sp³-hybridized carbons (Fsp3) is 0.500. The van der Waals surface area contributed by atoms with E-state index in [1.807, 2.05) is 26.0 Å². The van der Waals surface area contributed by atoms with Gasteiger partial charge in [0.25, 0.3) is 5.92 Å². The van der Waals surface area contributed by atoms with Crippen LogP contribution < -0.4 is 11.1 Å². The van der Waals surface area contributed by atoms with E-state index >= 15 is 0 Å². The highest BCUT2D eigenvalue weighted by atomic mass is 32.2. The topological polar surface area (TPSA) is 55.1 Å². The molecular weight excluding hydrogens is 282 g/mol. The van der Waals surface area contributed by atoms with E-state index in [9.17, 15) is 13.6 Å². The summed E-state index contributed by atoms with van der Waals surface area (Å²) in [5.41, 5.74) is 7.30. The SMILES string of the molecule is Cc1ccc(SCCC(=O)NCC(F)(F)CN)cc1C. The summed E-state index contributed by atoms with van der Waals surface area (Å²) in [6.45, 7) is 2.61. The number of nitrogens with two attached hydrogens (primary N) is 1. The molecule has 1 aromatic rings. The van der Waals surface area contributed by atoms with E-state index in [1.165, 1.54) is 22.9 Å². The summed E-state index contributed by atoms with van der Waals surface area (Å²) < 4.78 is 25.7. The van der Waals surface area contributed by atoms with Crippen molar-refractivity contribution in [1.29, 1.82) is 0 Å². The first-order valence-electron chi connectivity index (χ1n) is 6.39. The molecule has 0 radical (unpaired) electrons. The third-order valence-corrected chi connectivity index (χ3v) is 3.91. The van der Waals surface area contributed by atoms with E-state index in [1.54, 1.807) is 0 Å². The lowest BCUT2D eigenvalue weighted by atomic mass is 10.1. The number of benzene rings is 1. The van der Waals surface area contributed by atoms with Crippen molar-refractivity contribution < 1.29 is 13.6 Å². The molecule has 0 unspecified atom stereocenters. The summed E-state index contributed by atoms with van der Waals surface area (Å²) >= 11 is 1.54. The number of hydrogen-bond acceptors (Lipinski definition) is 3. The largest absolute Gasteiger partial charge is 0.350 e. The van der Waals surface area contributed by atoms with Gasteiger partial charge in [-0.3, -0.25) is 4.79 Å². The lowest BCUT2D eigenvalue weighted by molar-refractivity contribution is -0.122. The van der Waals surface area contributed by atoms with Crippen molar-refractivity contribution in [3.63, 3.8) is 0 Å². The van der Waals surface area contributed by atoms with E-state index in [-0.39, 0.29) is 12.3 Å². The Kier molecular flexibility index (Phi) is 6.42. The molecule has 6 heteroatoms. The van der Waals surface area contributed by atoms with E-state index < -0.39 is 19.0 Å². The fourth-order valence-electron chi connectivity index (χ4n) is 1.45. The number of halogens is 2. The molecule has 0 aliphatic carbocycles. The number of alkyl halides is 2. The molecule has 0 aliphatic rings. The third kappa shape index (κ3) is 5.88. The molecule has 0 bridgehead atoms. The molecule has 1 rings (SSSR count). The van der Waals surface area contributed by atoms with Gasteiger partial charge in [-0.05, 0) is 37.1 Å². The maximum absolute atomic E-state index is 12.8. The Bertz CT molecular complexity index is 466. The van der Waals surface area contributed by atoms with Crippen LogP contribution >= 0.6 is 11.8 Å². The predicted molar refractivity (Wildman–Crippen MR) is 78.3 cm³/mol. The van der Waals surface area contributed by atoms with Crippen molar-refractivity contribution in [2.24, 2.45) is 5.73 Å². The molecule has 1 amide bonds. The van der Waals surface area contributed by atoms with Crippen molar-refractivity contribution in [3.8, 4) is 0 Å². The minimum absolute atomic E-state index is 0.207. The number of nitrogens with one attached hydrogen (secondary N) is 1. The Labute approximate surface area is 122 Å². The van der Waals surface area contributed by atoms with Crippen molar-refractivity contribution in [2.45, 2.75) is 31.1 Å². The Morgan fingerprint density at radius 2 is 2.05 bits per heavy atom. The smallest absolute Gasteiger partial charge is 0.277 e. The second-order valence-electron chi connectivity index (χ2n) is 4.68. The van der Waals surface area contributed by atoms with Crippen LogP contribution in [0.2, 0.25) is 0 Å². The highest BCUT2D eigenvalue weighted by Gasteiger charge is 2.26. The molecule has 20 heavy (non-hydrogen) atoms. The highest BCUT2D eigenvalue weighted by Crippen LogP contribution is 2.21. The molecule has 0 saturated carbocycles. The van der Waals surface area contributed by atoms with Gasteiger partial charge >= 0.3 is 0 Å². The second-order valence-corrected chi connectivity index (χ2v) is 5.85. The van der Waals surface area contributed by atoms with Crippen LogP contribution in [-0.2, 0) is 4.79 Å². The van der Waals surface area contributed by atoms with E-state index in [0.29, 0.717) is 5.75 Å². The van der Waals surface area contributed by atoms with Crippen molar-refractivity contribution in [1.82, 2.24) is 5.32 Å². The van der Waals surface area contributed by atoms with Crippen LogP contribution in [-0.4, -0.2) is 30.7 Å². The van der Waals surface area contributed by atoms with Crippen LogP contribution in [0.25, 0.3) is 0 Å². The number of thioether (sulfide) groups is 1. The van der Waals surface area contributed by atoms with Crippen LogP contribution in [0, 0.1) is 13.8 Å². The molecule has 0 heterocycles. The third-order valence-electron chi connectivity index (χ3n) is 2.92. The monoisotopic (exact) mass is 302 g/mol. The summed E-state index contributed by atoms with van der Waals surface area (Å²) in [5.74, 6) is -2.85. The first kappa shape index (κ1) is 16.9. The summed E-state index contributed by atoms with van der Waals surface area (Å²) in [6.07, 6.45) is 0.207. The van der Waals surface area contributed by atoms with Gasteiger partial charge in [-0.25, -0.2) is 8.78 Å². The van der Waals surface area contributed by atoms with Crippen molar-refractivity contribution >= 4 is 17.7 Å². The number of carbonyl (C=O) groups is 1. The second kappa shape index (κ2) is 7.59. The number of aryl methyl sites for hydroxylation is 2. The zero-order chi connectivity index (χ0) is 15.2. The van der Waals surface area contributed by atoms with Gasteiger partial charge in [0.1, 0.15) is 0 Å². The number of carbonyl (C=O) groups excluding carboxylic acids is 1. The molecular formula is C14H20F2N2OS. The molecule has 0 spiro atoms. The van der Waals surface area contributed by atoms with Gasteiger partial charge < -0.3 is 11.1 Å². The highest BCUT2D eigenvalue weighted by molar-refractivity contribution is 7.99. The van der Waals surface area contributed by atoms with Gasteiger partial charge in [-0.2, -0.15) is 0 Å². The molecule has 1 aromatic carbocycles. The van der Waals surface area contributed by atoms with Gasteiger partial charge in [-0.1, -0.05) is 6.07 Å². The van der Waals surface area contributed by atoms with E-state index in [0.717, 1.165) is 4.90 Å². The van der Waals surface area contributed by atoms with E-state index in [4.69, 9.17) is 5.73 Å². The normalized spacial score (nSPS) is 11.4. The van der Waals surface area contributed by atoms with Crippen molar-refractivity contribution in [2.75, 3.05) is 18.8 Å². The Morgan fingerprint density at radius 1 is 1.35 bits per heavy atom. The summed E-state index contributed by atoms with van der Waals surface area (Å²) in [4.78, 5) is 12.5. The first-order valence-corrected chi connectivity index (χ1v) is 7.37. The molecule has 0 saturated heterocycles. The zero-order valence-corrected chi connectivity index (χ0v) is 12.5. The molecule has 3 N–H and O–H groups in total. The molecule has 0 atom stereocenters. The van der Waals surface area contributed by atoms with Crippen LogP contribution in [0.3, 0.4) is 0 Å². The van der Waals surface area contributed by atoms with Crippen LogP contribution in [0.15, 0.2) is 23.1 Å². The average Bonchev–Trinajstić information content (AvgIpc) is 2.41. The quantitative estimate of drug-likeness (QED) is 0.761. The molecule has 0 fully saturated rings. The van der Waals surface area contributed by atoms with E-state index in [2.05, 4.69) is 11.4 Å². The summed E-state index contributed by atoms with van der Waals surface area (Å²) in [7, 11) is 0. The van der Waals surface area contributed by atoms with Gasteiger partial charge in [0.2, 0.25) is 5.91 Å². The number of amides is 1. The zero-order valence-electron chi connectivity index (χ0n) is 11.7. The maximum Gasteiger partial charge on any atom is 0.277 e. The van der Waals surface area contributed by atoms with Crippen molar-refractivity contribution in [3.05, 3.63) is 29.3 Å². The molecule has 0 aromatic heterocycles. The van der Waals surface area contributed by atoms with Gasteiger partial charge in [-0.15, -0.1) is 11.8 Å². The standard InChI is InChI=1S/C14H20F2N2OS/c1-10-3-4-12(7-11(10)2)20-6-5-13(19)18-9-14(15,16)8-17/h3-4,7H,5-6,8-9,17H2,1-2H3,(H,18,19). The molecule has 0 aliphatic heterocycles. The minimum atomic E-state index is -3.03. The van der Waals surface area contributed by atoms with Crippen LogP contribution in [0.1, 0.15) is 17.5 Å². The Morgan fingerprint density at radius 3 is 2.65 bits per heavy atom. The van der Waals surface area contributed by atoms with Crippen LogP contribution in [0.5, 0.6) is 0 Å². The average molecular weight is 302 g/mol. The summed E-state index contributed by atoms with van der Waals surface area (Å²) in [6, 6.07) is 6.08. The Hall–Kier alpha value is -1.14. The lowest BCUT2D eigenvalue weighted by Crippen LogP contribution is -2.41. The van der Waals surface area contributed by atoms with Gasteiger partial charge in [0.15, 0.2) is 0 Å². The lowest BCUT2D eigenvalue weighted by Gasteiger charge is -2.14. The molecule has 3 nitrogen and oxygen atoms in total. The minimum Gasteiger partial charge on any atom is -0.350 e. The predicted octanol–water partition coefficient (Wildman–Crippen LogP) is 2.50.